The molecule has 0 spiro atoms. The fourth-order valence-electron chi connectivity index (χ4n) is 2.68. The van der Waals surface area contributed by atoms with Gasteiger partial charge in [0, 0.05) is 37.1 Å². The Hall–Kier alpha value is -0.810. The molecule has 0 saturated carbocycles. The number of nitrogens with zero attached hydrogens (tertiary/aromatic N) is 1. The van der Waals surface area contributed by atoms with Crippen LogP contribution in [0.3, 0.4) is 0 Å². The minimum atomic E-state index is 0. The summed E-state index contributed by atoms with van der Waals surface area (Å²) in [4.78, 5) is 14.3. The largest absolute Gasteiger partial charge is 0.352 e. The van der Waals surface area contributed by atoms with E-state index in [1.165, 1.54) is 12.8 Å². The molecular weight excluding hydrogens is 321 g/mol. The second-order valence-electron chi connectivity index (χ2n) is 5.55. The second kappa shape index (κ2) is 10.1. The van der Waals surface area contributed by atoms with E-state index in [0.29, 0.717) is 24.0 Å². The lowest BCUT2D eigenvalue weighted by Gasteiger charge is -2.32. The molecular formula is C16H25Cl2N3O. The summed E-state index contributed by atoms with van der Waals surface area (Å²) < 4.78 is 0. The zero-order valence-corrected chi connectivity index (χ0v) is 14.6. The van der Waals surface area contributed by atoms with Crippen LogP contribution in [-0.2, 0) is 11.3 Å². The van der Waals surface area contributed by atoms with E-state index in [4.69, 9.17) is 11.6 Å². The maximum atomic E-state index is 11.9. The van der Waals surface area contributed by atoms with Crippen molar-refractivity contribution >= 4 is 29.9 Å². The van der Waals surface area contributed by atoms with Crippen molar-refractivity contribution in [2.24, 2.45) is 0 Å². The quantitative estimate of drug-likeness (QED) is 0.832. The van der Waals surface area contributed by atoms with Crippen LogP contribution in [0.15, 0.2) is 24.3 Å². The number of carbonyl (C=O) groups is 1. The van der Waals surface area contributed by atoms with E-state index < -0.39 is 0 Å². The fourth-order valence-corrected chi connectivity index (χ4v) is 2.88. The Kier molecular flexibility index (Phi) is 8.79. The standard InChI is InChI=1S/C16H24ClN3O.ClH/c1-18-14-6-4-9-20(12-14)10-8-16(21)19-11-13-5-2-3-7-15(13)17;/h2-3,5,7,14,18H,4,6,8-12H2,1H3,(H,19,21);1H. The number of nitrogens with one attached hydrogen (secondary N) is 2. The summed E-state index contributed by atoms with van der Waals surface area (Å²) in [7, 11) is 2.00. The topological polar surface area (TPSA) is 44.4 Å². The van der Waals surface area contributed by atoms with Crippen molar-refractivity contribution in [1.82, 2.24) is 15.5 Å². The molecule has 1 saturated heterocycles. The zero-order valence-electron chi connectivity index (χ0n) is 13.0. The third-order valence-electron chi connectivity index (χ3n) is 4.00. The molecule has 0 aliphatic carbocycles. The number of hydrogen-bond acceptors (Lipinski definition) is 3. The van der Waals surface area contributed by atoms with E-state index in [9.17, 15) is 4.79 Å². The van der Waals surface area contributed by atoms with Crippen molar-refractivity contribution in [2.75, 3.05) is 26.7 Å². The van der Waals surface area contributed by atoms with Gasteiger partial charge in [-0.2, -0.15) is 0 Å². The number of amides is 1. The number of likely N-dealkylation sites (N-methyl/N-ethyl adjacent to an activating group) is 1. The van der Waals surface area contributed by atoms with Crippen LogP contribution in [0.4, 0.5) is 0 Å². The van der Waals surface area contributed by atoms with Gasteiger partial charge in [0.2, 0.25) is 5.91 Å². The van der Waals surface area contributed by atoms with Gasteiger partial charge in [-0.1, -0.05) is 29.8 Å². The molecule has 1 amide bonds. The van der Waals surface area contributed by atoms with E-state index in [2.05, 4.69) is 15.5 Å². The molecule has 6 heteroatoms. The number of piperidine rings is 1. The van der Waals surface area contributed by atoms with Crippen molar-refractivity contribution in [3.05, 3.63) is 34.9 Å². The van der Waals surface area contributed by atoms with E-state index in [-0.39, 0.29) is 18.3 Å². The molecule has 1 aliphatic rings. The highest BCUT2D eigenvalue weighted by Gasteiger charge is 2.18. The van der Waals surface area contributed by atoms with Crippen LogP contribution >= 0.6 is 24.0 Å². The lowest BCUT2D eigenvalue weighted by molar-refractivity contribution is -0.121. The first-order valence-electron chi connectivity index (χ1n) is 7.58. The Balaban J connectivity index is 0.00000242. The smallest absolute Gasteiger partial charge is 0.221 e. The summed E-state index contributed by atoms with van der Waals surface area (Å²) in [5.74, 6) is 0.0847. The molecule has 2 N–H and O–H groups in total. The number of halogens is 2. The molecule has 1 aromatic carbocycles. The summed E-state index contributed by atoms with van der Waals surface area (Å²) in [5.41, 5.74) is 0.959. The molecule has 1 atom stereocenters. The van der Waals surface area contributed by atoms with Crippen LogP contribution in [-0.4, -0.2) is 43.5 Å². The Bertz CT molecular complexity index is 470. The number of benzene rings is 1. The molecule has 1 aliphatic heterocycles. The minimum Gasteiger partial charge on any atom is -0.352 e. The van der Waals surface area contributed by atoms with Gasteiger partial charge in [0.25, 0.3) is 0 Å². The van der Waals surface area contributed by atoms with Crippen LogP contribution in [0.5, 0.6) is 0 Å². The van der Waals surface area contributed by atoms with Crippen LogP contribution in [0.1, 0.15) is 24.8 Å². The minimum absolute atomic E-state index is 0. The molecule has 0 aromatic heterocycles. The summed E-state index contributed by atoms with van der Waals surface area (Å²) in [5, 5.41) is 6.96. The van der Waals surface area contributed by atoms with Gasteiger partial charge in [0.15, 0.2) is 0 Å². The third kappa shape index (κ3) is 6.13. The van der Waals surface area contributed by atoms with E-state index in [1.807, 2.05) is 31.3 Å². The lowest BCUT2D eigenvalue weighted by Crippen LogP contribution is -2.45. The lowest BCUT2D eigenvalue weighted by atomic mass is 10.1. The first kappa shape index (κ1) is 19.2. The van der Waals surface area contributed by atoms with Gasteiger partial charge in [-0.25, -0.2) is 0 Å². The third-order valence-corrected chi connectivity index (χ3v) is 4.37. The van der Waals surface area contributed by atoms with Gasteiger partial charge < -0.3 is 15.5 Å². The van der Waals surface area contributed by atoms with Crippen LogP contribution in [0.2, 0.25) is 5.02 Å². The normalized spacial score (nSPS) is 18.5. The van der Waals surface area contributed by atoms with Gasteiger partial charge in [0.1, 0.15) is 0 Å². The SMILES string of the molecule is CNC1CCCN(CCC(=O)NCc2ccccc2Cl)C1.Cl. The second-order valence-corrected chi connectivity index (χ2v) is 5.95. The zero-order chi connectivity index (χ0) is 15.1. The predicted octanol–water partition coefficient (Wildman–Crippen LogP) is 2.45. The van der Waals surface area contributed by atoms with Crippen molar-refractivity contribution in [3.63, 3.8) is 0 Å². The molecule has 2 rings (SSSR count). The van der Waals surface area contributed by atoms with E-state index in [0.717, 1.165) is 25.2 Å². The molecule has 4 nitrogen and oxygen atoms in total. The first-order chi connectivity index (χ1) is 10.2. The van der Waals surface area contributed by atoms with E-state index in [1.54, 1.807) is 0 Å². The maximum absolute atomic E-state index is 11.9. The Labute approximate surface area is 144 Å². The molecule has 124 valence electrons. The molecule has 0 radical (unpaired) electrons. The molecule has 1 fully saturated rings. The van der Waals surface area contributed by atoms with Crippen molar-refractivity contribution in [2.45, 2.75) is 31.8 Å². The molecule has 1 heterocycles. The average Bonchev–Trinajstić information content (AvgIpc) is 2.52. The van der Waals surface area contributed by atoms with Gasteiger partial charge in [-0.15, -0.1) is 12.4 Å². The van der Waals surface area contributed by atoms with Gasteiger partial charge in [0.05, 0.1) is 0 Å². The summed E-state index contributed by atoms with van der Waals surface area (Å²) >= 11 is 6.07. The van der Waals surface area contributed by atoms with Crippen molar-refractivity contribution in [3.8, 4) is 0 Å². The average molecular weight is 346 g/mol. The monoisotopic (exact) mass is 345 g/mol. The van der Waals surface area contributed by atoms with E-state index >= 15 is 0 Å². The first-order valence-corrected chi connectivity index (χ1v) is 7.96. The van der Waals surface area contributed by atoms with Gasteiger partial charge in [-0.05, 0) is 38.1 Å². The summed E-state index contributed by atoms with van der Waals surface area (Å²) in [6.07, 6.45) is 2.97. The fraction of sp³-hybridized carbons (Fsp3) is 0.562. The molecule has 0 bridgehead atoms. The molecule has 1 aromatic rings. The summed E-state index contributed by atoms with van der Waals surface area (Å²) in [6, 6.07) is 8.16. The van der Waals surface area contributed by atoms with Gasteiger partial charge in [-0.3, -0.25) is 4.79 Å². The van der Waals surface area contributed by atoms with Crippen LogP contribution in [0.25, 0.3) is 0 Å². The number of likely N-dealkylation sites (tertiary alicyclic amines) is 1. The maximum Gasteiger partial charge on any atom is 0.221 e. The molecule has 1 unspecified atom stereocenters. The highest BCUT2D eigenvalue weighted by atomic mass is 35.5. The Morgan fingerprint density at radius 3 is 2.91 bits per heavy atom. The summed E-state index contributed by atoms with van der Waals surface area (Å²) in [6.45, 7) is 3.45. The van der Waals surface area contributed by atoms with Gasteiger partial charge >= 0.3 is 0 Å². The number of carbonyl (C=O) groups excluding carboxylic acids is 1. The molecule has 22 heavy (non-hydrogen) atoms. The van der Waals surface area contributed by atoms with Crippen molar-refractivity contribution in [1.29, 1.82) is 0 Å². The number of rotatable bonds is 6. The highest BCUT2D eigenvalue weighted by Crippen LogP contribution is 2.14. The predicted molar refractivity (Wildman–Crippen MR) is 93.7 cm³/mol. The van der Waals surface area contributed by atoms with Crippen LogP contribution in [0, 0.1) is 0 Å². The Morgan fingerprint density at radius 2 is 2.18 bits per heavy atom. The van der Waals surface area contributed by atoms with Crippen LogP contribution < -0.4 is 10.6 Å². The number of hydrogen-bond donors (Lipinski definition) is 2. The van der Waals surface area contributed by atoms with Crippen molar-refractivity contribution < 1.29 is 4.79 Å². The Morgan fingerprint density at radius 1 is 1.41 bits per heavy atom. The highest BCUT2D eigenvalue weighted by molar-refractivity contribution is 6.31.